The SMILES string of the molecule is O=C1NN=Cc2c(Br)n(Cc3ccccc3)c3cccc1c23. The summed E-state index contributed by atoms with van der Waals surface area (Å²) in [5.41, 5.74) is 6.34. The molecule has 0 saturated carbocycles. The number of carbonyl (C=O) groups is 1. The number of aromatic nitrogens is 1. The van der Waals surface area contributed by atoms with E-state index in [4.69, 9.17) is 0 Å². The van der Waals surface area contributed by atoms with Crippen molar-refractivity contribution < 1.29 is 4.79 Å². The van der Waals surface area contributed by atoms with Crippen LogP contribution in [-0.2, 0) is 6.54 Å². The number of hydrogen-bond donors (Lipinski definition) is 1. The Balaban J connectivity index is 1.98. The van der Waals surface area contributed by atoms with Crippen molar-refractivity contribution in [3.05, 3.63) is 69.8 Å². The highest BCUT2D eigenvalue weighted by Crippen LogP contribution is 2.33. The van der Waals surface area contributed by atoms with Crippen molar-refractivity contribution in [3.63, 3.8) is 0 Å². The molecule has 2 aromatic carbocycles. The van der Waals surface area contributed by atoms with E-state index >= 15 is 0 Å². The lowest BCUT2D eigenvalue weighted by Gasteiger charge is -2.08. The fraction of sp³-hybridized carbons (Fsp3) is 0.0588. The van der Waals surface area contributed by atoms with Gasteiger partial charge in [-0.05, 0) is 33.6 Å². The number of carbonyl (C=O) groups excluding carboxylic acids is 1. The van der Waals surface area contributed by atoms with E-state index in [9.17, 15) is 4.79 Å². The van der Waals surface area contributed by atoms with Crippen LogP contribution in [0.1, 0.15) is 21.5 Å². The predicted molar refractivity (Wildman–Crippen MR) is 90.2 cm³/mol. The van der Waals surface area contributed by atoms with E-state index in [0.29, 0.717) is 5.56 Å². The summed E-state index contributed by atoms with van der Waals surface area (Å²) < 4.78 is 3.09. The van der Waals surface area contributed by atoms with Crippen LogP contribution in [0, 0.1) is 0 Å². The Hall–Kier alpha value is -2.40. The molecule has 0 atom stereocenters. The smallest absolute Gasteiger partial charge is 0.272 e. The van der Waals surface area contributed by atoms with Crippen LogP contribution in [0.15, 0.2) is 58.2 Å². The maximum atomic E-state index is 12.1. The molecule has 0 saturated heterocycles. The Morgan fingerprint density at radius 3 is 2.73 bits per heavy atom. The Bertz CT molecular complexity index is 913. The monoisotopic (exact) mass is 353 g/mol. The molecule has 1 aromatic heterocycles. The zero-order chi connectivity index (χ0) is 15.1. The minimum atomic E-state index is -0.176. The van der Waals surface area contributed by atoms with Gasteiger partial charge in [0.2, 0.25) is 0 Å². The normalized spacial score (nSPS) is 13.2. The summed E-state index contributed by atoms with van der Waals surface area (Å²) in [6, 6.07) is 16.0. The second-order valence-electron chi connectivity index (χ2n) is 5.18. The topological polar surface area (TPSA) is 46.4 Å². The van der Waals surface area contributed by atoms with Crippen LogP contribution in [0.4, 0.5) is 0 Å². The molecule has 0 bridgehead atoms. The summed E-state index contributed by atoms with van der Waals surface area (Å²) >= 11 is 3.67. The molecule has 1 amide bonds. The van der Waals surface area contributed by atoms with Gasteiger partial charge >= 0.3 is 0 Å². The first kappa shape index (κ1) is 13.3. The summed E-state index contributed by atoms with van der Waals surface area (Å²) in [4.78, 5) is 12.1. The second kappa shape index (κ2) is 5.10. The zero-order valence-electron chi connectivity index (χ0n) is 11.6. The molecule has 5 heteroatoms. The van der Waals surface area contributed by atoms with Gasteiger partial charge in [-0.25, -0.2) is 5.43 Å². The summed E-state index contributed by atoms with van der Waals surface area (Å²) in [5, 5.41) is 4.94. The van der Waals surface area contributed by atoms with Gasteiger partial charge in [0.25, 0.3) is 5.91 Å². The number of rotatable bonds is 2. The number of nitrogens with zero attached hydrogens (tertiary/aromatic N) is 2. The predicted octanol–water partition coefficient (Wildman–Crippen LogP) is 3.53. The lowest BCUT2D eigenvalue weighted by atomic mass is 10.1. The fourth-order valence-electron chi connectivity index (χ4n) is 2.85. The summed E-state index contributed by atoms with van der Waals surface area (Å²) in [5.74, 6) is -0.176. The molecule has 0 unspecified atom stereocenters. The summed E-state index contributed by atoms with van der Waals surface area (Å²) in [7, 11) is 0. The minimum Gasteiger partial charge on any atom is -0.330 e. The van der Waals surface area contributed by atoms with Crippen molar-refractivity contribution >= 4 is 39.0 Å². The molecule has 4 rings (SSSR count). The Kier molecular flexibility index (Phi) is 3.08. The Morgan fingerprint density at radius 2 is 1.91 bits per heavy atom. The van der Waals surface area contributed by atoms with E-state index in [1.807, 2.05) is 36.4 Å². The molecule has 0 spiro atoms. The minimum absolute atomic E-state index is 0.176. The van der Waals surface area contributed by atoms with E-state index in [-0.39, 0.29) is 5.91 Å². The van der Waals surface area contributed by atoms with Gasteiger partial charge in [-0.2, -0.15) is 5.10 Å². The van der Waals surface area contributed by atoms with Crippen LogP contribution in [0.5, 0.6) is 0 Å². The quantitative estimate of drug-likeness (QED) is 0.752. The Labute approximate surface area is 135 Å². The summed E-state index contributed by atoms with van der Waals surface area (Å²) in [6.45, 7) is 0.733. The first-order valence-corrected chi connectivity index (χ1v) is 7.73. The first-order valence-electron chi connectivity index (χ1n) is 6.94. The third-order valence-corrected chi connectivity index (χ3v) is 4.70. The molecule has 4 nitrogen and oxygen atoms in total. The maximum Gasteiger partial charge on any atom is 0.272 e. The standard InChI is InChI=1S/C17H12BrN3O/c18-16-13-9-19-20-17(22)12-7-4-8-14(15(12)13)21(16)10-11-5-2-1-3-6-11/h1-9H,10H2,(H,20,22). The van der Waals surface area contributed by atoms with Gasteiger partial charge in [-0.15, -0.1) is 0 Å². The zero-order valence-corrected chi connectivity index (χ0v) is 13.2. The highest BCUT2D eigenvalue weighted by Gasteiger charge is 2.22. The lowest BCUT2D eigenvalue weighted by Crippen LogP contribution is -2.16. The van der Waals surface area contributed by atoms with Gasteiger partial charge in [0.15, 0.2) is 0 Å². The third-order valence-electron chi connectivity index (χ3n) is 3.85. The van der Waals surface area contributed by atoms with Gasteiger partial charge < -0.3 is 4.57 Å². The van der Waals surface area contributed by atoms with Crippen LogP contribution in [0.3, 0.4) is 0 Å². The number of hydrazone groups is 1. The highest BCUT2D eigenvalue weighted by molar-refractivity contribution is 9.10. The molecular weight excluding hydrogens is 342 g/mol. The number of hydrogen-bond acceptors (Lipinski definition) is 2. The second-order valence-corrected chi connectivity index (χ2v) is 5.93. The third kappa shape index (κ3) is 1.97. The highest BCUT2D eigenvalue weighted by atomic mass is 79.9. The first-order chi connectivity index (χ1) is 10.8. The van der Waals surface area contributed by atoms with Crippen LogP contribution >= 0.6 is 15.9 Å². The summed E-state index contributed by atoms with van der Waals surface area (Å²) in [6.07, 6.45) is 1.70. The van der Waals surface area contributed by atoms with Gasteiger partial charge in [0.1, 0.15) is 0 Å². The average Bonchev–Trinajstić information content (AvgIpc) is 2.70. The lowest BCUT2D eigenvalue weighted by molar-refractivity contribution is 0.0957. The van der Waals surface area contributed by atoms with Crippen molar-refractivity contribution in [2.75, 3.05) is 0 Å². The molecule has 1 aliphatic rings. The molecule has 3 aromatic rings. The van der Waals surface area contributed by atoms with Crippen LogP contribution in [0.2, 0.25) is 0 Å². The van der Waals surface area contributed by atoms with E-state index in [1.54, 1.807) is 6.21 Å². The van der Waals surface area contributed by atoms with Crippen molar-refractivity contribution in [2.24, 2.45) is 5.10 Å². The fourth-order valence-corrected chi connectivity index (χ4v) is 3.46. The van der Waals surface area contributed by atoms with Gasteiger partial charge in [0.05, 0.1) is 21.9 Å². The molecule has 108 valence electrons. The molecule has 22 heavy (non-hydrogen) atoms. The maximum absolute atomic E-state index is 12.1. The van der Waals surface area contributed by atoms with Crippen LogP contribution in [0.25, 0.3) is 10.9 Å². The average molecular weight is 354 g/mol. The van der Waals surface area contributed by atoms with Gasteiger partial charge in [0, 0.05) is 17.5 Å². The van der Waals surface area contributed by atoms with Crippen LogP contribution in [-0.4, -0.2) is 16.7 Å². The van der Waals surface area contributed by atoms with Crippen LogP contribution < -0.4 is 5.43 Å². The number of halogens is 1. The van der Waals surface area contributed by atoms with E-state index in [1.165, 1.54) is 5.56 Å². The van der Waals surface area contributed by atoms with Gasteiger partial charge in [-0.3, -0.25) is 4.79 Å². The number of nitrogens with one attached hydrogen (secondary N) is 1. The number of amides is 1. The van der Waals surface area contributed by atoms with E-state index in [0.717, 1.165) is 27.6 Å². The van der Waals surface area contributed by atoms with E-state index in [2.05, 4.69) is 43.2 Å². The van der Waals surface area contributed by atoms with Crippen molar-refractivity contribution in [2.45, 2.75) is 6.54 Å². The molecule has 0 aliphatic carbocycles. The largest absolute Gasteiger partial charge is 0.330 e. The molecule has 2 heterocycles. The van der Waals surface area contributed by atoms with Crippen molar-refractivity contribution in [3.8, 4) is 0 Å². The Morgan fingerprint density at radius 1 is 1.09 bits per heavy atom. The van der Waals surface area contributed by atoms with Crippen molar-refractivity contribution in [1.29, 1.82) is 0 Å². The van der Waals surface area contributed by atoms with Gasteiger partial charge in [-0.1, -0.05) is 36.4 Å². The molecule has 1 N–H and O–H groups in total. The molecule has 0 fully saturated rings. The number of benzene rings is 2. The van der Waals surface area contributed by atoms with E-state index < -0.39 is 0 Å². The van der Waals surface area contributed by atoms with Crippen molar-refractivity contribution in [1.82, 2.24) is 9.99 Å². The molecular formula is C17H12BrN3O. The molecule has 1 aliphatic heterocycles. The molecule has 0 radical (unpaired) electrons.